The van der Waals surface area contributed by atoms with E-state index >= 15 is 0 Å². The van der Waals surface area contributed by atoms with Gasteiger partial charge in [-0.1, -0.05) is 39.1 Å². The molecule has 2 aliphatic rings. The highest BCUT2D eigenvalue weighted by Crippen LogP contribution is 2.42. The monoisotopic (exact) mass is 412 g/mol. The second-order valence-electron chi connectivity index (χ2n) is 5.65. The number of hydrogen-bond donors (Lipinski definition) is 1. The van der Waals surface area contributed by atoms with Gasteiger partial charge < -0.3 is 5.73 Å². The van der Waals surface area contributed by atoms with Crippen LogP contribution in [-0.4, -0.2) is 30.8 Å². The van der Waals surface area contributed by atoms with E-state index in [1.54, 1.807) is 16.4 Å². The Kier molecular flexibility index (Phi) is 4.31. The van der Waals surface area contributed by atoms with Crippen LogP contribution in [-0.2, 0) is 10.0 Å². The van der Waals surface area contributed by atoms with Gasteiger partial charge >= 0.3 is 0 Å². The van der Waals surface area contributed by atoms with Gasteiger partial charge in [-0.05, 0) is 37.8 Å². The largest absolute Gasteiger partial charge is 0.328 e. The highest BCUT2D eigenvalue weighted by atomic mass is 79.9. The molecule has 3 rings (SSSR count). The van der Waals surface area contributed by atoms with E-state index in [1.165, 1.54) is 0 Å². The number of fused-ring (bicyclic) bond motifs is 2. The molecule has 0 aromatic heterocycles. The molecule has 1 aromatic carbocycles. The molecule has 2 aliphatic heterocycles. The zero-order valence-electron chi connectivity index (χ0n) is 11.1. The molecule has 0 amide bonds. The smallest absolute Gasteiger partial charge is 0.246 e. The Morgan fingerprint density at radius 3 is 2.10 bits per heavy atom. The first-order valence-electron chi connectivity index (χ1n) is 6.74. The fourth-order valence-electron chi connectivity index (χ4n) is 3.45. The van der Waals surface area contributed by atoms with Crippen LogP contribution in [0.25, 0.3) is 0 Å². The number of benzene rings is 1. The lowest BCUT2D eigenvalue weighted by Gasteiger charge is -2.36. The van der Waals surface area contributed by atoms with Crippen molar-refractivity contribution in [2.45, 2.75) is 48.7 Å². The van der Waals surface area contributed by atoms with Crippen LogP contribution in [0.3, 0.4) is 0 Å². The molecule has 2 unspecified atom stereocenters. The number of nitrogens with two attached hydrogens (primary N) is 1. The summed E-state index contributed by atoms with van der Waals surface area (Å²) < 4.78 is 28.3. The first-order chi connectivity index (χ1) is 9.80. The third-order valence-electron chi connectivity index (χ3n) is 4.20. The summed E-state index contributed by atoms with van der Waals surface area (Å²) in [5.74, 6) is 0. The van der Waals surface area contributed by atoms with E-state index < -0.39 is 10.0 Å². The molecule has 0 radical (unpaired) electrons. The van der Waals surface area contributed by atoms with Crippen molar-refractivity contribution in [1.29, 1.82) is 0 Å². The van der Waals surface area contributed by atoms with Gasteiger partial charge in [0.05, 0.1) is 10.0 Å². The van der Waals surface area contributed by atoms with E-state index in [1.807, 2.05) is 0 Å². The van der Waals surface area contributed by atoms with Crippen molar-refractivity contribution in [1.82, 2.24) is 4.31 Å². The molecule has 8 heteroatoms. The third-order valence-corrected chi connectivity index (χ3v) is 7.59. The summed E-state index contributed by atoms with van der Waals surface area (Å²) in [5.41, 5.74) is 6.00. The van der Waals surface area contributed by atoms with E-state index in [-0.39, 0.29) is 33.1 Å². The fraction of sp³-hybridized carbons (Fsp3) is 0.538. The zero-order valence-corrected chi connectivity index (χ0v) is 15.0. The van der Waals surface area contributed by atoms with E-state index in [0.717, 1.165) is 12.8 Å². The Hall–Kier alpha value is 0.150. The molecule has 2 fully saturated rings. The molecule has 2 saturated heterocycles. The quantitative estimate of drug-likeness (QED) is 0.807. The topological polar surface area (TPSA) is 63.4 Å². The molecular weight excluding hydrogens is 399 g/mol. The Bertz CT molecular complexity index is 646. The average Bonchev–Trinajstić information content (AvgIpc) is 2.61. The van der Waals surface area contributed by atoms with Crippen molar-refractivity contribution < 1.29 is 8.42 Å². The molecule has 0 spiro atoms. The third kappa shape index (κ3) is 2.75. The van der Waals surface area contributed by atoms with Gasteiger partial charge in [-0.2, -0.15) is 4.31 Å². The van der Waals surface area contributed by atoms with Crippen LogP contribution in [0, 0.1) is 0 Å². The number of halogens is 3. The number of sulfonamides is 1. The highest BCUT2D eigenvalue weighted by molar-refractivity contribution is 9.10. The second-order valence-corrected chi connectivity index (χ2v) is 9.16. The molecule has 2 atom stereocenters. The molecule has 1 aromatic rings. The predicted octanol–water partition coefficient (Wildman–Crippen LogP) is 3.40. The molecule has 2 heterocycles. The Balaban J connectivity index is 2.06. The summed E-state index contributed by atoms with van der Waals surface area (Å²) in [5, 5.41) is 0.285. The van der Waals surface area contributed by atoms with Crippen molar-refractivity contribution in [2.75, 3.05) is 0 Å². The molecule has 0 saturated carbocycles. The molecule has 4 nitrogen and oxygen atoms in total. The van der Waals surface area contributed by atoms with Crippen LogP contribution >= 0.6 is 39.1 Å². The summed E-state index contributed by atoms with van der Waals surface area (Å²) in [4.78, 5) is 0.00130. The van der Waals surface area contributed by atoms with Gasteiger partial charge in [-0.15, -0.1) is 0 Å². The lowest BCUT2D eigenvalue weighted by atomic mass is 10.0. The first kappa shape index (κ1) is 16.0. The predicted molar refractivity (Wildman–Crippen MR) is 87.2 cm³/mol. The second kappa shape index (κ2) is 5.65. The maximum Gasteiger partial charge on any atom is 0.246 e. The molecule has 116 valence electrons. The molecule has 0 aliphatic carbocycles. The van der Waals surface area contributed by atoms with Crippen LogP contribution in [0.4, 0.5) is 0 Å². The Morgan fingerprint density at radius 2 is 1.62 bits per heavy atom. The normalized spacial score (nSPS) is 29.8. The number of hydrogen-bond acceptors (Lipinski definition) is 3. The Labute approximate surface area is 142 Å². The summed E-state index contributed by atoms with van der Waals surface area (Å²) in [6.07, 6.45) is 3.09. The van der Waals surface area contributed by atoms with Crippen LogP contribution in [0.5, 0.6) is 0 Å². The molecule has 21 heavy (non-hydrogen) atoms. The zero-order chi connectivity index (χ0) is 15.4. The fourth-order valence-corrected chi connectivity index (χ4v) is 7.23. The maximum atomic E-state index is 13.0. The van der Waals surface area contributed by atoms with Gasteiger partial charge in [0.25, 0.3) is 0 Å². The van der Waals surface area contributed by atoms with Crippen molar-refractivity contribution in [2.24, 2.45) is 5.73 Å². The van der Waals surface area contributed by atoms with Gasteiger partial charge in [-0.25, -0.2) is 8.42 Å². The van der Waals surface area contributed by atoms with Crippen molar-refractivity contribution >= 4 is 49.2 Å². The highest BCUT2D eigenvalue weighted by Gasteiger charge is 2.47. The summed E-state index contributed by atoms with van der Waals surface area (Å²) in [6.45, 7) is 0. The van der Waals surface area contributed by atoms with Crippen molar-refractivity contribution in [3.63, 3.8) is 0 Å². The van der Waals surface area contributed by atoms with E-state index in [9.17, 15) is 8.42 Å². The van der Waals surface area contributed by atoms with Crippen LogP contribution < -0.4 is 5.73 Å². The number of rotatable bonds is 2. The van der Waals surface area contributed by atoms with Crippen molar-refractivity contribution in [3.8, 4) is 0 Å². The molecule has 2 bridgehead atoms. The summed E-state index contributed by atoms with van der Waals surface area (Å²) in [6, 6.07) is 3.10. The summed E-state index contributed by atoms with van der Waals surface area (Å²) >= 11 is 15.5. The van der Waals surface area contributed by atoms with Gasteiger partial charge in [0.15, 0.2) is 0 Å². The minimum Gasteiger partial charge on any atom is -0.328 e. The van der Waals surface area contributed by atoms with E-state index in [4.69, 9.17) is 28.9 Å². The van der Waals surface area contributed by atoms with E-state index in [2.05, 4.69) is 15.9 Å². The number of nitrogens with zero attached hydrogens (tertiary/aromatic N) is 1. The van der Waals surface area contributed by atoms with Crippen LogP contribution in [0.1, 0.15) is 25.7 Å². The Morgan fingerprint density at radius 1 is 1.14 bits per heavy atom. The average molecular weight is 414 g/mol. The van der Waals surface area contributed by atoms with Crippen molar-refractivity contribution in [3.05, 3.63) is 26.7 Å². The minimum atomic E-state index is -3.71. The maximum absolute atomic E-state index is 13.0. The minimum absolute atomic E-state index is 0.00130. The standard InChI is InChI=1S/C13H15BrCl2N2O2S/c14-7-3-11(15)13(12(16)4-7)21(19,20)18-9-1-2-10(18)6-8(17)5-9/h3-4,8-10H,1-2,5-6,17H2. The lowest BCUT2D eigenvalue weighted by molar-refractivity contribution is 0.227. The first-order valence-corrected chi connectivity index (χ1v) is 9.73. The van der Waals surface area contributed by atoms with E-state index in [0.29, 0.717) is 17.3 Å². The van der Waals surface area contributed by atoms with Gasteiger partial charge in [0, 0.05) is 22.6 Å². The van der Waals surface area contributed by atoms with Crippen LogP contribution in [0.2, 0.25) is 10.0 Å². The molecule has 2 N–H and O–H groups in total. The van der Waals surface area contributed by atoms with Crippen LogP contribution in [0.15, 0.2) is 21.5 Å². The number of piperidine rings is 1. The van der Waals surface area contributed by atoms with Gasteiger partial charge in [-0.3, -0.25) is 0 Å². The van der Waals surface area contributed by atoms with Gasteiger partial charge in [0.1, 0.15) is 4.90 Å². The SMILES string of the molecule is NC1CC2CCC(C1)N2S(=O)(=O)c1c(Cl)cc(Br)cc1Cl. The van der Waals surface area contributed by atoms with Gasteiger partial charge in [0.2, 0.25) is 10.0 Å². The summed E-state index contributed by atoms with van der Waals surface area (Å²) in [7, 11) is -3.71. The molecular formula is C13H15BrCl2N2O2S. The lowest BCUT2D eigenvalue weighted by Crippen LogP contribution is -2.50.